The summed E-state index contributed by atoms with van der Waals surface area (Å²) >= 11 is 0. The van der Waals surface area contributed by atoms with Gasteiger partial charge in [-0.05, 0) is 6.07 Å². The third kappa shape index (κ3) is 2.86. The number of para-hydroxylation sites is 2. The molecule has 0 amide bonds. The summed E-state index contributed by atoms with van der Waals surface area (Å²) in [5.74, 6) is 0.529. The van der Waals surface area contributed by atoms with Crippen molar-refractivity contribution in [1.29, 1.82) is 0 Å². The number of anilines is 1. The Hall–Kier alpha value is -2.60. The van der Waals surface area contributed by atoms with Crippen LogP contribution in [0.25, 0.3) is 0 Å². The number of nitro groups is 1. The van der Waals surface area contributed by atoms with Crippen LogP contribution in [0.4, 0.5) is 11.4 Å². The third-order valence-corrected chi connectivity index (χ3v) is 2.90. The van der Waals surface area contributed by atoms with Crippen molar-refractivity contribution < 1.29 is 14.8 Å². The van der Waals surface area contributed by atoms with Crippen molar-refractivity contribution >= 4 is 11.4 Å². The first-order valence-electron chi connectivity index (χ1n) is 5.96. The van der Waals surface area contributed by atoms with Gasteiger partial charge in [-0.25, -0.2) is 0 Å². The molecular formula is C14H14N2O4. The van der Waals surface area contributed by atoms with Crippen LogP contribution in [0.2, 0.25) is 0 Å². The Balaban J connectivity index is 2.19. The fourth-order valence-electron chi connectivity index (χ4n) is 1.82. The molecule has 2 aromatic carbocycles. The maximum atomic E-state index is 10.8. The van der Waals surface area contributed by atoms with Crippen LogP contribution in [0.1, 0.15) is 11.1 Å². The smallest absolute Gasteiger partial charge is 0.292 e. The van der Waals surface area contributed by atoms with E-state index in [4.69, 9.17) is 10.5 Å². The van der Waals surface area contributed by atoms with E-state index in [2.05, 4.69) is 0 Å². The van der Waals surface area contributed by atoms with Crippen molar-refractivity contribution in [2.75, 3.05) is 5.73 Å². The quantitative estimate of drug-likeness (QED) is 0.495. The van der Waals surface area contributed by atoms with Gasteiger partial charge in [-0.2, -0.15) is 0 Å². The normalized spacial score (nSPS) is 10.2. The average molecular weight is 274 g/mol. The number of hydrogen-bond donors (Lipinski definition) is 2. The Morgan fingerprint density at radius 1 is 1.15 bits per heavy atom. The lowest BCUT2D eigenvalue weighted by Crippen LogP contribution is -2.04. The number of ether oxygens (including phenoxy) is 1. The minimum Gasteiger partial charge on any atom is -0.488 e. The van der Waals surface area contributed by atoms with Crippen LogP contribution in [-0.4, -0.2) is 10.0 Å². The van der Waals surface area contributed by atoms with E-state index in [9.17, 15) is 15.2 Å². The van der Waals surface area contributed by atoms with Crippen molar-refractivity contribution in [2.24, 2.45) is 0 Å². The lowest BCUT2D eigenvalue weighted by atomic mass is 10.1. The average Bonchev–Trinajstić information content (AvgIpc) is 2.46. The molecule has 2 rings (SSSR count). The molecule has 104 valence electrons. The van der Waals surface area contributed by atoms with Gasteiger partial charge in [-0.1, -0.05) is 30.3 Å². The van der Waals surface area contributed by atoms with E-state index >= 15 is 0 Å². The number of nitrogens with zero attached hydrogens (tertiary/aromatic N) is 1. The van der Waals surface area contributed by atoms with Crippen LogP contribution in [-0.2, 0) is 13.2 Å². The summed E-state index contributed by atoms with van der Waals surface area (Å²) in [6.45, 7) is -0.0366. The highest BCUT2D eigenvalue weighted by Gasteiger charge is 2.14. The SMILES string of the molecule is Nc1c(COc2ccccc2CO)cccc1[N+](=O)[O-]. The Morgan fingerprint density at radius 2 is 1.85 bits per heavy atom. The molecular weight excluding hydrogens is 260 g/mol. The van der Waals surface area contributed by atoms with Gasteiger partial charge >= 0.3 is 0 Å². The Kier molecular flexibility index (Phi) is 4.17. The molecule has 0 aliphatic carbocycles. The molecule has 6 heteroatoms. The standard InChI is InChI=1S/C14H14N2O4/c15-14-11(5-3-6-12(14)16(18)19)9-20-13-7-2-1-4-10(13)8-17/h1-7,17H,8-9,15H2. The Labute approximate surface area is 115 Å². The van der Waals surface area contributed by atoms with E-state index in [0.29, 0.717) is 16.9 Å². The van der Waals surface area contributed by atoms with Crippen molar-refractivity contribution in [3.63, 3.8) is 0 Å². The highest BCUT2D eigenvalue weighted by molar-refractivity contribution is 5.62. The molecule has 0 aliphatic rings. The number of hydrogen-bond acceptors (Lipinski definition) is 5. The van der Waals surface area contributed by atoms with Crippen molar-refractivity contribution in [1.82, 2.24) is 0 Å². The molecule has 6 nitrogen and oxygen atoms in total. The van der Waals surface area contributed by atoms with Gasteiger partial charge in [0.25, 0.3) is 5.69 Å². The first kappa shape index (κ1) is 13.8. The van der Waals surface area contributed by atoms with Gasteiger partial charge < -0.3 is 15.6 Å². The topological polar surface area (TPSA) is 98.6 Å². The van der Waals surface area contributed by atoms with Gasteiger partial charge in [0.15, 0.2) is 0 Å². The number of nitrogens with two attached hydrogens (primary N) is 1. The van der Waals surface area contributed by atoms with Crippen molar-refractivity contribution in [3.05, 3.63) is 63.7 Å². The van der Waals surface area contributed by atoms with Gasteiger partial charge in [0.1, 0.15) is 18.0 Å². The number of nitrogen functional groups attached to an aromatic ring is 1. The summed E-state index contributed by atoms with van der Waals surface area (Å²) in [7, 11) is 0. The largest absolute Gasteiger partial charge is 0.488 e. The lowest BCUT2D eigenvalue weighted by Gasteiger charge is -2.11. The molecule has 0 heterocycles. The monoisotopic (exact) mass is 274 g/mol. The number of benzene rings is 2. The van der Waals surface area contributed by atoms with Gasteiger partial charge in [0.05, 0.1) is 11.5 Å². The molecule has 0 saturated carbocycles. The zero-order valence-electron chi connectivity index (χ0n) is 10.7. The van der Waals surface area contributed by atoms with Gasteiger partial charge in [0, 0.05) is 17.2 Å². The van der Waals surface area contributed by atoms with Gasteiger partial charge in [0.2, 0.25) is 0 Å². The number of rotatable bonds is 5. The first-order chi connectivity index (χ1) is 9.63. The molecule has 3 N–H and O–H groups in total. The maximum Gasteiger partial charge on any atom is 0.292 e. The van der Waals surface area contributed by atoms with Crippen LogP contribution in [0.15, 0.2) is 42.5 Å². The number of nitro benzene ring substituents is 1. The summed E-state index contributed by atoms with van der Waals surface area (Å²) in [6.07, 6.45) is 0. The van der Waals surface area contributed by atoms with Crippen LogP contribution in [0.3, 0.4) is 0 Å². The minimum absolute atomic E-state index is 0.0963. The predicted molar refractivity (Wildman–Crippen MR) is 74.2 cm³/mol. The van der Waals surface area contributed by atoms with E-state index in [1.807, 2.05) is 0 Å². The van der Waals surface area contributed by atoms with E-state index in [0.717, 1.165) is 0 Å². The number of aliphatic hydroxyl groups is 1. The molecule has 2 aromatic rings. The van der Waals surface area contributed by atoms with Crippen molar-refractivity contribution in [3.8, 4) is 5.75 Å². The molecule has 0 bridgehead atoms. The van der Waals surface area contributed by atoms with E-state index in [1.165, 1.54) is 6.07 Å². The summed E-state index contributed by atoms with van der Waals surface area (Å²) in [6, 6.07) is 11.6. The molecule has 0 saturated heterocycles. The van der Waals surface area contributed by atoms with Gasteiger partial charge in [-0.15, -0.1) is 0 Å². The molecule has 0 spiro atoms. The number of aliphatic hydroxyl groups excluding tert-OH is 1. The van der Waals surface area contributed by atoms with Crippen LogP contribution in [0.5, 0.6) is 5.75 Å². The minimum atomic E-state index is -0.527. The first-order valence-corrected chi connectivity index (χ1v) is 5.96. The maximum absolute atomic E-state index is 10.8. The predicted octanol–water partition coefficient (Wildman–Crippen LogP) is 2.25. The molecule has 0 aliphatic heterocycles. The Bertz CT molecular complexity index is 628. The second-order valence-electron chi connectivity index (χ2n) is 4.16. The highest BCUT2D eigenvalue weighted by Crippen LogP contribution is 2.26. The van der Waals surface area contributed by atoms with Crippen LogP contribution in [0, 0.1) is 10.1 Å². The zero-order valence-corrected chi connectivity index (χ0v) is 10.7. The third-order valence-electron chi connectivity index (χ3n) is 2.90. The fourth-order valence-corrected chi connectivity index (χ4v) is 1.82. The lowest BCUT2D eigenvalue weighted by molar-refractivity contribution is -0.384. The second-order valence-corrected chi connectivity index (χ2v) is 4.16. The van der Waals surface area contributed by atoms with E-state index in [1.54, 1.807) is 36.4 Å². The molecule has 0 radical (unpaired) electrons. The summed E-state index contributed by atoms with van der Waals surface area (Å²) in [5.41, 5.74) is 6.89. The second kappa shape index (κ2) is 6.03. The van der Waals surface area contributed by atoms with Gasteiger partial charge in [-0.3, -0.25) is 10.1 Å². The summed E-state index contributed by atoms with van der Waals surface area (Å²) in [5, 5.41) is 20.0. The molecule has 0 atom stereocenters. The van der Waals surface area contributed by atoms with Crippen molar-refractivity contribution in [2.45, 2.75) is 13.2 Å². The molecule has 0 fully saturated rings. The highest BCUT2D eigenvalue weighted by atomic mass is 16.6. The van der Waals surface area contributed by atoms with E-state index < -0.39 is 4.92 Å². The fraction of sp³-hybridized carbons (Fsp3) is 0.143. The van der Waals surface area contributed by atoms with E-state index in [-0.39, 0.29) is 24.6 Å². The summed E-state index contributed by atoms with van der Waals surface area (Å²) in [4.78, 5) is 10.3. The summed E-state index contributed by atoms with van der Waals surface area (Å²) < 4.78 is 5.57. The zero-order chi connectivity index (χ0) is 14.5. The Morgan fingerprint density at radius 3 is 2.55 bits per heavy atom. The van der Waals surface area contributed by atoms with Crippen LogP contribution >= 0.6 is 0 Å². The molecule has 20 heavy (non-hydrogen) atoms. The van der Waals surface area contributed by atoms with Crippen LogP contribution < -0.4 is 10.5 Å². The molecule has 0 aromatic heterocycles. The molecule has 0 unspecified atom stereocenters.